The molecule has 3 aliphatic heterocycles. The van der Waals surface area contributed by atoms with Crippen molar-refractivity contribution in [2.24, 2.45) is 41.4 Å². The maximum atomic E-state index is 14.3. The number of cyclic esters (lactones) is 1. The predicted octanol–water partition coefficient (Wildman–Crippen LogP) is 9.75. The number of ether oxygens (including phenoxy) is 5. The number of aliphatic hydroxyl groups excluding tert-OH is 2. The van der Waals surface area contributed by atoms with Crippen LogP contribution in [0.15, 0.2) is 47.6 Å². The van der Waals surface area contributed by atoms with E-state index in [2.05, 4.69) is 4.74 Å². The Bertz CT molecular complexity index is 1760. The van der Waals surface area contributed by atoms with E-state index in [9.17, 15) is 39.3 Å². The summed E-state index contributed by atoms with van der Waals surface area (Å²) in [7, 11) is 6.20. The molecule has 1 saturated carbocycles. The molecule has 0 aromatic carbocycles. The fourth-order valence-electron chi connectivity index (χ4n) is 10.0. The average Bonchev–Trinajstić information content (AvgIpc) is 3.35. The molecule has 15 atom stereocenters. The third-order valence-electron chi connectivity index (χ3n) is 14.6. The number of hydrogen-bond acceptors (Lipinski definition) is 13. The van der Waals surface area contributed by atoms with Gasteiger partial charge in [0.05, 0.1) is 18.3 Å². The lowest BCUT2D eigenvalue weighted by molar-refractivity contribution is -0.264. The summed E-state index contributed by atoms with van der Waals surface area (Å²) in [5.74, 6) is -7.66. The Labute approximate surface area is 435 Å². The molecule has 3 N–H and O–H groups in total. The number of esters is 1. The maximum Gasteiger partial charge on any atom is 0.329 e. The van der Waals surface area contributed by atoms with Gasteiger partial charge >= 0.3 is 5.97 Å². The number of piperidine rings is 1. The van der Waals surface area contributed by atoms with Crippen LogP contribution < -0.4 is 0 Å². The summed E-state index contributed by atoms with van der Waals surface area (Å²) < 4.78 is 27.8. The van der Waals surface area contributed by atoms with Crippen LogP contribution in [0.3, 0.4) is 0 Å². The lowest BCUT2D eigenvalue weighted by Gasteiger charge is -2.42. The van der Waals surface area contributed by atoms with Crippen molar-refractivity contribution in [1.29, 1.82) is 0 Å². The van der Waals surface area contributed by atoms with Gasteiger partial charge in [0.1, 0.15) is 30.1 Å². The summed E-state index contributed by atoms with van der Waals surface area (Å²) in [6.45, 7) is 23.0. The quantitative estimate of drug-likeness (QED) is 0.134. The van der Waals surface area contributed by atoms with Crippen molar-refractivity contribution in [3.05, 3.63) is 47.6 Å². The van der Waals surface area contributed by atoms with Crippen LogP contribution in [0.1, 0.15) is 168 Å². The van der Waals surface area contributed by atoms with Gasteiger partial charge in [-0.05, 0) is 114 Å². The van der Waals surface area contributed by atoms with E-state index in [0.717, 1.165) is 12.0 Å². The summed E-state index contributed by atoms with van der Waals surface area (Å²) in [4.78, 5) is 71.7. The number of Topliss-reactive ketones (excluding diaryl/α,β-unsaturated/α-hetero) is 3. The van der Waals surface area contributed by atoms with Gasteiger partial charge in [0.25, 0.3) is 11.7 Å². The van der Waals surface area contributed by atoms with Crippen molar-refractivity contribution in [3.63, 3.8) is 0 Å². The van der Waals surface area contributed by atoms with Crippen molar-refractivity contribution in [2.45, 2.75) is 216 Å². The van der Waals surface area contributed by atoms with Crippen LogP contribution in [0.25, 0.3) is 0 Å². The van der Waals surface area contributed by atoms with Crippen molar-refractivity contribution in [2.75, 3.05) is 35.0 Å². The number of allylic oxidation sites excluding steroid dienone is 7. The molecular formula is C58H101NO13. The van der Waals surface area contributed by atoms with Crippen LogP contribution in [-0.2, 0) is 47.7 Å². The number of ketones is 3. The molecule has 14 nitrogen and oxygen atoms in total. The summed E-state index contributed by atoms with van der Waals surface area (Å²) in [5.41, 5.74) is 1.46. The highest BCUT2D eigenvalue weighted by molar-refractivity contribution is 6.39. The van der Waals surface area contributed by atoms with Crippen molar-refractivity contribution >= 4 is 29.2 Å². The summed E-state index contributed by atoms with van der Waals surface area (Å²) in [6.07, 6.45) is 12.5. The normalized spacial score (nSPS) is 36.7. The van der Waals surface area contributed by atoms with E-state index >= 15 is 0 Å². The number of fused-ring (bicyclic) bond motifs is 3. The van der Waals surface area contributed by atoms with Crippen LogP contribution in [-0.4, -0.2) is 133 Å². The number of amides is 1. The summed E-state index contributed by atoms with van der Waals surface area (Å²) >= 11 is 0. The molecule has 416 valence electrons. The lowest BCUT2D eigenvalue weighted by Crippen LogP contribution is -2.60. The van der Waals surface area contributed by atoms with E-state index in [1.165, 1.54) is 12.0 Å². The standard InChI is InChI=1S/C51H79NO12.C2H6O.2C2H6.CH4/c1-30-16-12-11-13-17-31(2)32(3)27-39-21-19-37(8)51(60,64-39)48(57)49(58)52-23-15-14-18-40(52)50(59)63-43(34(5)26-38-20-22-41(53)44(28-38)61-9)29-42(54)33(4)25-36(7)46(56)47(62-10)45(55)35(6)24-30;1-3-2;2*1-2;/h11-13,16-17,25,30,32-35,37-41,43-44,46-47,53,56,60H,14-15,18-24,26-29H2,1-10H3;1-2H3;2*1-2H3;1H4/b13-11+,16-12+,31-17+,36-25+;;;;/t30-,32?,33-,34-,35-,37-,38?,39+,40+,41+,43+,44-,46-,47+,51-;;;;/m1..../s1. The van der Waals surface area contributed by atoms with Crippen molar-refractivity contribution < 1.29 is 63.0 Å². The largest absolute Gasteiger partial charge is 0.460 e. The van der Waals surface area contributed by atoms with Gasteiger partial charge in [0.2, 0.25) is 5.79 Å². The highest BCUT2D eigenvalue weighted by atomic mass is 16.6. The van der Waals surface area contributed by atoms with Crippen LogP contribution in [0.4, 0.5) is 0 Å². The molecule has 4 rings (SSSR count). The zero-order valence-corrected chi connectivity index (χ0v) is 46.6. The second-order valence-electron chi connectivity index (χ2n) is 20.2. The Morgan fingerprint density at radius 2 is 1.43 bits per heavy atom. The van der Waals surface area contributed by atoms with Gasteiger partial charge < -0.3 is 43.9 Å². The van der Waals surface area contributed by atoms with Gasteiger partial charge in [-0.2, -0.15) is 0 Å². The number of aliphatic hydroxyl groups is 3. The molecule has 0 aromatic heterocycles. The summed E-state index contributed by atoms with van der Waals surface area (Å²) in [5, 5.41) is 33.8. The minimum atomic E-state index is -2.37. The Kier molecular flexibility index (Phi) is 33.4. The molecule has 2 bridgehead atoms. The molecule has 2 saturated heterocycles. The second-order valence-corrected chi connectivity index (χ2v) is 20.2. The minimum Gasteiger partial charge on any atom is -0.460 e. The highest BCUT2D eigenvalue weighted by Crippen LogP contribution is 2.38. The molecule has 4 aliphatic rings. The average molecular weight is 1020 g/mol. The summed E-state index contributed by atoms with van der Waals surface area (Å²) in [6, 6.07) is -1.12. The molecule has 1 amide bonds. The fraction of sp³-hybridized carbons (Fsp3) is 0.776. The first kappa shape index (κ1) is 68.6. The van der Waals surface area contributed by atoms with E-state index in [4.69, 9.17) is 18.9 Å². The van der Waals surface area contributed by atoms with Gasteiger partial charge in [-0.1, -0.05) is 119 Å². The number of nitrogens with zero attached hydrogens (tertiary/aromatic N) is 1. The highest BCUT2D eigenvalue weighted by Gasteiger charge is 2.53. The monoisotopic (exact) mass is 1020 g/mol. The van der Waals surface area contributed by atoms with Gasteiger partial charge in [-0.25, -0.2) is 4.79 Å². The van der Waals surface area contributed by atoms with Crippen LogP contribution in [0, 0.1) is 41.4 Å². The zero-order chi connectivity index (χ0) is 54.2. The molecule has 1 aliphatic carbocycles. The van der Waals surface area contributed by atoms with Gasteiger partial charge in [0, 0.05) is 59.2 Å². The van der Waals surface area contributed by atoms with E-state index in [0.29, 0.717) is 63.4 Å². The first-order valence-electron chi connectivity index (χ1n) is 26.7. The molecule has 3 heterocycles. The maximum absolute atomic E-state index is 14.3. The smallest absolute Gasteiger partial charge is 0.329 e. The van der Waals surface area contributed by atoms with Crippen LogP contribution >= 0.6 is 0 Å². The predicted molar refractivity (Wildman–Crippen MR) is 286 cm³/mol. The van der Waals surface area contributed by atoms with Crippen molar-refractivity contribution in [3.8, 4) is 0 Å². The Hall–Kier alpha value is -3.37. The van der Waals surface area contributed by atoms with Gasteiger partial charge in [0.15, 0.2) is 5.78 Å². The van der Waals surface area contributed by atoms with Gasteiger partial charge in [-0.3, -0.25) is 19.2 Å². The number of carbonyl (C=O) groups is 5. The number of hydrogen-bond donors (Lipinski definition) is 3. The first-order chi connectivity index (χ1) is 33.6. The van der Waals surface area contributed by atoms with Gasteiger partial charge in [-0.15, -0.1) is 0 Å². The number of methoxy groups -OCH3 is 3. The molecule has 72 heavy (non-hydrogen) atoms. The fourth-order valence-corrected chi connectivity index (χ4v) is 10.0. The Morgan fingerprint density at radius 3 is 2.04 bits per heavy atom. The first-order valence-corrected chi connectivity index (χ1v) is 26.7. The van der Waals surface area contributed by atoms with Crippen LogP contribution in [0.2, 0.25) is 0 Å². The van der Waals surface area contributed by atoms with E-state index in [1.807, 2.05) is 92.7 Å². The van der Waals surface area contributed by atoms with Crippen molar-refractivity contribution in [1.82, 2.24) is 4.90 Å². The number of rotatable bonds is 5. The molecule has 0 aromatic rings. The Morgan fingerprint density at radius 1 is 0.792 bits per heavy atom. The van der Waals surface area contributed by atoms with Crippen LogP contribution in [0.5, 0.6) is 0 Å². The SMILES string of the molecule is C.CC.CC.COC.CO[C@@H]1CC(C[C@@H](C)[C@@H]2CC(=O)[C@H](C)/C=C(\C)[C@@H](O)[C@@H](OC)C(=O)[C@H](C)C[C@H](C)/C=C/C=C/C=C(\C)C(C)C[C@@H]3CC[C@@H](C)[C@@](O)(O3)C(=O)C(=O)N3CCCC[C@H]3C(=O)O2)CC[C@@H]1O. The Balaban J connectivity index is 0.00000599. The molecule has 14 heteroatoms. The topological polar surface area (TPSA) is 195 Å². The third kappa shape index (κ3) is 20.4. The molecular weight excluding hydrogens is 919 g/mol. The molecule has 3 fully saturated rings. The van der Waals surface area contributed by atoms with E-state index < -0.39 is 77.8 Å². The van der Waals surface area contributed by atoms with E-state index in [-0.39, 0.29) is 68.2 Å². The third-order valence-corrected chi connectivity index (χ3v) is 14.6. The molecule has 0 radical (unpaired) electrons. The molecule has 2 unspecified atom stereocenters. The minimum absolute atomic E-state index is 0. The zero-order valence-electron chi connectivity index (χ0n) is 46.6. The van der Waals surface area contributed by atoms with E-state index in [1.54, 1.807) is 48.2 Å². The molecule has 0 spiro atoms. The second kappa shape index (κ2) is 35.0. The number of carbonyl (C=O) groups excluding carboxylic acids is 5. The lowest BCUT2D eigenvalue weighted by atomic mass is 9.78.